The molecule has 3 aromatic rings. The molecule has 0 aliphatic rings. The van der Waals surface area contributed by atoms with Crippen LogP contribution in [0.4, 0.5) is 4.39 Å². The highest BCUT2D eigenvalue weighted by Crippen LogP contribution is 2.28. The van der Waals surface area contributed by atoms with Crippen LogP contribution in [0.2, 0.25) is 0 Å². The number of amides is 1. The number of methoxy groups -OCH3 is 1. The summed E-state index contributed by atoms with van der Waals surface area (Å²) in [5, 5.41) is 11.9. The van der Waals surface area contributed by atoms with Gasteiger partial charge in [-0.15, -0.1) is 10.2 Å². The van der Waals surface area contributed by atoms with Crippen LogP contribution in [-0.2, 0) is 11.3 Å². The summed E-state index contributed by atoms with van der Waals surface area (Å²) in [6, 6.07) is 13.5. The number of benzene rings is 2. The van der Waals surface area contributed by atoms with Gasteiger partial charge >= 0.3 is 0 Å². The van der Waals surface area contributed by atoms with E-state index in [1.807, 2.05) is 49.6 Å². The minimum absolute atomic E-state index is 0.117. The van der Waals surface area contributed by atoms with Crippen LogP contribution in [-0.4, -0.2) is 33.0 Å². The molecule has 0 saturated heterocycles. The van der Waals surface area contributed by atoms with E-state index >= 15 is 0 Å². The van der Waals surface area contributed by atoms with E-state index in [0.29, 0.717) is 11.7 Å². The maximum Gasteiger partial charge on any atom is 0.233 e. The summed E-state index contributed by atoms with van der Waals surface area (Å²) in [6.07, 6.45) is 0. The molecular formula is C22H25FN4O2S. The standard InChI is InChI=1S/C22H25FN4O2S/c1-5-27-20(17-8-12-19(29-4)13-9-17)25-26-22(27)30-15(3)21(28)24-14(2)16-6-10-18(23)11-7-16/h6-15H,5H2,1-4H3,(H,24,28)/t14-,15+/m1/s1. The van der Waals surface area contributed by atoms with Gasteiger partial charge in [-0.05, 0) is 62.7 Å². The highest BCUT2D eigenvalue weighted by Gasteiger charge is 2.21. The molecule has 0 spiro atoms. The summed E-state index contributed by atoms with van der Waals surface area (Å²) in [6.45, 7) is 6.40. The summed E-state index contributed by atoms with van der Waals surface area (Å²) in [4.78, 5) is 12.7. The van der Waals surface area contributed by atoms with Gasteiger partial charge in [0.25, 0.3) is 0 Å². The Balaban J connectivity index is 1.69. The largest absolute Gasteiger partial charge is 0.497 e. The Bertz CT molecular complexity index is 989. The molecule has 1 N–H and O–H groups in total. The van der Waals surface area contributed by atoms with E-state index < -0.39 is 0 Å². The third-order valence-corrected chi connectivity index (χ3v) is 5.84. The van der Waals surface area contributed by atoms with E-state index in [4.69, 9.17) is 4.74 Å². The second-order valence-electron chi connectivity index (χ2n) is 6.82. The second-order valence-corrected chi connectivity index (χ2v) is 8.13. The molecule has 1 aromatic heterocycles. The van der Waals surface area contributed by atoms with Crippen molar-refractivity contribution in [3.63, 3.8) is 0 Å². The minimum Gasteiger partial charge on any atom is -0.497 e. The van der Waals surface area contributed by atoms with Crippen molar-refractivity contribution < 1.29 is 13.9 Å². The van der Waals surface area contributed by atoms with Gasteiger partial charge in [0.2, 0.25) is 5.91 Å². The number of carbonyl (C=O) groups excluding carboxylic acids is 1. The molecule has 0 unspecified atom stereocenters. The quantitative estimate of drug-likeness (QED) is 0.536. The zero-order valence-corrected chi connectivity index (χ0v) is 18.2. The highest BCUT2D eigenvalue weighted by atomic mass is 32.2. The van der Waals surface area contributed by atoms with E-state index in [1.165, 1.54) is 23.9 Å². The molecule has 30 heavy (non-hydrogen) atoms. The van der Waals surface area contributed by atoms with Crippen molar-refractivity contribution in [3.05, 3.63) is 59.9 Å². The van der Waals surface area contributed by atoms with Gasteiger partial charge in [-0.2, -0.15) is 0 Å². The molecule has 2 atom stereocenters. The molecular weight excluding hydrogens is 403 g/mol. The predicted molar refractivity (Wildman–Crippen MR) is 116 cm³/mol. The fraction of sp³-hybridized carbons (Fsp3) is 0.318. The monoisotopic (exact) mass is 428 g/mol. The normalized spacial score (nSPS) is 13.0. The summed E-state index contributed by atoms with van der Waals surface area (Å²) < 4.78 is 20.3. The lowest BCUT2D eigenvalue weighted by molar-refractivity contribution is -0.120. The van der Waals surface area contributed by atoms with Crippen LogP contribution >= 0.6 is 11.8 Å². The Morgan fingerprint density at radius 3 is 2.40 bits per heavy atom. The van der Waals surface area contributed by atoms with Gasteiger partial charge in [0, 0.05) is 12.1 Å². The fourth-order valence-corrected chi connectivity index (χ4v) is 3.91. The number of nitrogens with zero attached hydrogens (tertiary/aromatic N) is 3. The Morgan fingerprint density at radius 2 is 1.80 bits per heavy atom. The van der Waals surface area contributed by atoms with Crippen molar-refractivity contribution in [2.24, 2.45) is 0 Å². The molecule has 2 aromatic carbocycles. The number of ether oxygens (including phenoxy) is 1. The van der Waals surface area contributed by atoms with Crippen LogP contribution < -0.4 is 10.1 Å². The van der Waals surface area contributed by atoms with Crippen molar-refractivity contribution in [1.29, 1.82) is 0 Å². The van der Waals surface area contributed by atoms with Crippen LogP contribution in [0.25, 0.3) is 11.4 Å². The number of halogens is 1. The Hall–Kier alpha value is -2.87. The Kier molecular flexibility index (Phi) is 7.10. The number of hydrogen-bond acceptors (Lipinski definition) is 5. The molecule has 158 valence electrons. The molecule has 0 fully saturated rings. The van der Waals surface area contributed by atoms with Crippen LogP contribution in [0.1, 0.15) is 32.4 Å². The molecule has 3 rings (SSSR count). The lowest BCUT2D eigenvalue weighted by Gasteiger charge is -2.18. The molecule has 0 radical (unpaired) electrons. The number of hydrogen-bond donors (Lipinski definition) is 1. The van der Waals surface area contributed by atoms with Crippen LogP contribution in [0, 0.1) is 5.82 Å². The minimum atomic E-state index is -0.369. The third-order valence-electron chi connectivity index (χ3n) is 4.76. The molecule has 8 heteroatoms. The lowest BCUT2D eigenvalue weighted by Crippen LogP contribution is -2.33. The van der Waals surface area contributed by atoms with Gasteiger partial charge in [-0.25, -0.2) is 4.39 Å². The third kappa shape index (κ3) is 4.99. The second kappa shape index (κ2) is 9.75. The van der Waals surface area contributed by atoms with E-state index in [2.05, 4.69) is 15.5 Å². The summed E-state index contributed by atoms with van der Waals surface area (Å²) in [5.74, 6) is 1.10. The number of carbonyl (C=O) groups is 1. The average Bonchev–Trinajstić information content (AvgIpc) is 3.16. The SMILES string of the molecule is CCn1c(S[C@@H](C)C(=O)N[C@H](C)c2ccc(F)cc2)nnc1-c1ccc(OC)cc1. The van der Waals surface area contributed by atoms with Gasteiger partial charge in [-0.3, -0.25) is 4.79 Å². The van der Waals surface area contributed by atoms with Crippen molar-refractivity contribution in [3.8, 4) is 17.1 Å². The Labute approximate surface area is 179 Å². The van der Waals surface area contributed by atoms with Crippen molar-refractivity contribution in [1.82, 2.24) is 20.1 Å². The molecule has 1 heterocycles. The first-order chi connectivity index (χ1) is 14.4. The first kappa shape index (κ1) is 21.8. The molecule has 0 aliphatic carbocycles. The van der Waals surface area contributed by atoms with Crippen molar-refractivity contribution in [2.75, 3.05) is 7.11 Å². The summed E-state index contributed by atoms with van der Waals surface area (Å²) >= 11 is 1.36. The zero-order valence-electron chi connectivity index (χ0n) is 17.4. The number of thioether (sulfide) groups is 1. The van der Waals surface area contributed by atoms with E-state index in [0.717, 1.165) is 22.7 Å². The van der Waals surface area contributed by atoms with E-state index in [-0.39, 0.29) is 23.0 Å². The van der Waals surface area contributed by atoms with Crippen molar-refractivity contribution in [2.45, 2.75) is 43.8 Å². The average molecular weight is 429 g/mol. The molecule has 6 nitrogen and oxygen atoms in total. The van der Waals surface area contributed by atoms with Crippen LogP contribution in [0.5, 0.6) is 5.75 Å². The molecule has 1 amide bonds. The highest BCUT2D eigenvalue weighted by molar-refractivity contribution is 8.00. The van der Waals surface area contributed by atoms with E-state index in [1.54, 1.807) is 19.2 Å². The molecule has 0 saturated carbocycles. The first-order valence-electron chi connectivity index (χ1n) is 9.73. The van der Waals surface area contributed by atoms with E-state index in [9.17, 15) is 9.18 Å². The fourth-order valence-electron chi connectivity index (χ4n) is 2.99. The van der Waals surface area contributed by atoms with Crippen LogP contribution in [0.15, 0.2) is 53.7 Å². The number of aromatic nitrogens is 3. The van der Waals surface area contributed by atoms with Crippen molar-refractivity contribution >= 4 is 17.7 Å². The van der Waals surface area contributed by atoms with Crippen LogP contribution in [0.3, 0.4) is 0 Å². The van der Waals surface area contributed by atoms with Gasteiger partial charge in [0.05, 0.1) is 18.4 Å². The Morgan fingerprint density at radius 1 is 1.13 bits per heavy atom. The maximum absolute atomic E-state index is 13.1. The number of nitrogens with one attached hydrogen (secondary N) is 1. The predicted octanol–water partition coefficient (Wildman–Crippen LogP) is 4.47. The van der Waals surface area contributed by atoms with Gasteiger partial charge in [0.1, 0.15) is 11.6 Å². The van der Waals surface area contributed by atoms with Gasteiger partial charge in [-0.1, -0.05) is 23.9 Å². The zero-order chi connectivity index (χ0) is 21.7. The lowest BCUT2D eigenvalue weighted by atomic mass is 10.1. The molecule has 0 bridgehead atoms. The smallest absolute Gasteiger partial charge is 0.233 e. The number of rotatable bonds is 8. The first-order valence-corrected chi connectivity index (χ1v) is 10.6. The molecule has 0 aliphatic heterocycles. The summed E-state index contributed by atoms with van der Waals surface area (Å²) in [7, 11) is 1.63. The maximum atomic E-state index is 13.1. The van der Waals surface area contributed by atoms with Gasteiger partial charge in [0.15, 0.2) is 11.0 Å². The summed E-state index contributed by atoms with van der Waals surface area (Å²) in [5.41, 5.74) is 1.78. The topological polar surface area (TPSA) is 69.0 Å². The van der Waals surface area contributed by atoms with Gasteiger partial charge < -0.3 is 14.6 Å².